The average molecular weight is 857 g/mol. The van der Waals surface area contributed by atoms with Crippen molar-refractivity contribution < 1.29 is 0 Å². The Morgan fingerprint density at radius 1 is 0.269 bits per heavy atom. The minimum absolute atomic E-state index is 0.158. The summed E-state index contributed by atoms with van der Waals surface area (Å²) in [6.07, 6.45) is 0. The number of benzene rings is 11. The molecule has 2 nitrogen and oxygen atoms in total. The summed E-state index contributed by atoms with van der Waals surface area (Å²) in [5.74, 6) is 0. The topological polar surface area (TPSA) is 6.48 Å². The van der Waals surface area contributed by atoms with E-state index in [9.17, 15) is 0 Å². The molecule has 12 rings (SSSR count). The first kappa shape index (κ1) is 40.1. The Balaban J connectivity index is 1.07. The number of fused-ring (bicyclic) bond motifs is 5. The molecule has 0 saturated carbocycles. The molecule has 0 bridgehead atoms. The van der Waals surface area contributed by atoms with Gasteiger partial charge < -0.3 is 9.80 Å². The lowest BCUT2D eigenvalue weighted by atomic mass is 9.82. The van der Waals surface area contributed by atoms with E-state index in [-0.39, 0.29) is 5.41 Å². The van der Waals surface area contributed by atoms with Crippen molar-refractivity contribution >= 4 is 55.7 Å². The molecule has 11 aromatic carbocycles. The van der Waals surface area contributed by atoms with Gasteiger partial charge in [-0.1, -0.05) is 202 Å². The molecule has 1 aliphatic carbocycles. The number of para-hydroxylation sites is 2. The Kier molecular flexibility index (Phi) is 9.88. The SMILES string of the molecule is CC1(C)c2ccccc2-c2ccc(N(c3cc(-c4ccc(-c5ccc6ccccc6c5-c5ccccc5)cc4)cc(N(c4ccccc4)c4ccccc4)c3)c3ccc4ccccc4c3)cc21. The Labute approximate surface area is 393 Å². The second-order valence-corrected chi connectivity index (χ2v) is 18.2. The van der Waals surface area contributed by atoms with Crippen molar-refractivity contribution in [2.24, 2.45) is 0 Å². The Bertz CT molecular complexity index is 3550. The molecule has 0 N–H and O–H groups in total. The molecular formula is C65H48N2. The van der Waals surface area contributed by atoms with Gasteiger partial charge in [-0.2, -0.15) is 0 Å². The molecular weight excluding hydrogens is 809 g/mol. The van der Waals surface area contributed by atoms with Crippen LogP contribution in [-0.4, -0.2) is 0 Å². The van der Waals surface area contributed by atoms with Crippen molar-refractivity contribution in [1.29, 1.82) is 0 Å². The van der Waals surface area contributed by atoms with Crippen LogP contribution in [0.5, 0.6) is 0 Å². The van der Waals surface area contributed by atoms with E-state index >= 15 is 0 Å². The normalized spacial score (nSPS) is 12.4. The van der Waals surface area contributed by atoms with Gasteiger partial charge in [-0.3, -0.25) is 0 Å². The van der Waals surface area contributed by atoms with Crippen molar-refractivity contribution in [3.05, 3.63) is 266 Å². The number of rotatable bonds is 9. The molecule has 2 heteroatoms. The molecule has 0 amide bonds. The van der Waals surface area contributed by atoms with Crippen LogP contribution in [0.4, 0.5) is 34.1 Å². The van der Waals surface area contributed by atoms with E-state index < -0.39 is 0 Å². The van der Waals surface area contributed by atoms with Crippen LogP contribution in [0.2, 0.25) is 0 Å². The summed E-state index contributed by atoms with van der Waals surface area (Å²) in [4.78, 5) is 4.84. The first-order valence-electron chi connectivity index (χ1n) is 23.2. The molecule has 0 unspecified atom stereocenters. The van der Waals surface area contributed by atoms with Crippen LogP contribution in [0, 0.1) is 0 Å². The molecule has 0 aromatic heterocycles. The highest BCUT2D eigenvalue weighted by molar-refractivity contribution is 6.04. The van der Waals surface area contributed by atoms with Crippen molar-refractivity contribution in [2.75, 3.05) is 9.80 Å². The standard InChI is InChI=1S/C65H48N2/c1-65(2)62-29-17-16-28-60(62)61-39-37-55(44-63(61)65)67(54-36-34-45-18-12-13-22-50(45)40-54)57-42-51(41-56(43-57)66(52-23-8-4-9-24-52)53-25-10-5-11-26-53)46-30-32-48(33-31-46)59-38-35-47-19-14-15-27-58(47)64(59)49-20-6-3-7-21-49/h3-44H,1-2H3. The smallest absolute Gasteiger partial charge is 0.0488 e. The van der Waals surface area contributed by atoms with Crippen molar-refractivity contribution in [2.45, 2.75) is 19.3 Å². The quantitative estimate of drug-likeness (QED) is 0.143. The second-order valence-electron chi connectivity index (χ2n) is 18.2. The molecule has 1 aliphatic rings. The monoisotopic (exact) mass is 856 g/mol. The summed E-state index contributed by atoms with van der Waals surface area (Å²) < 4.78 is 0. The Morgan fingerprint density at radius 2 is 0.776 bits per heavy atom. The predicted octanol–water partition coefficient (Wildman–Crippen LogP) is 18.2. The lowest BCUT2D eigenvalue weighted by molar-refractivity contribution is 0.660. The maximum absolute atomic E-state index is 2.46. The third-order valence-corrected chi connectivity index (χ3v) is 13.8. The number of hydrogen-bond acceptors (Lipinski definition) is 2. The number of nitrogens with zero attached hydrogens (tertiary/aromatic N) is 2. The van der Waals surface area contributed by atoms with E-state index in [0.29, 0.717) is 0 Å². The van der Waals surface area contributed by atoms with Gasteiger partial charge in [0.2, 0.25) is 0 Å². The molecule has 0 atom stereocenters. The Hall–Kier alpha value is -8.46. The first-order valence-corrected chi connectivity index (χ1v) is 23.2. The van der Waals surface area contributed by atoms with Crippen LogP contribution in [0.15, 0.2) is 255 Å². The van der Waals surface area contributed by atoms with Crippen LogP contribution >= 0.6 is 0 Å². The summed E-state index contributed by atoms with van der Waals surface area (Å²) in [5.41, 5.74) is 18.8. The molecule has 0 fully saturated rings. The molecule has 0 saturated heterocycles. The highest BCUT2D eigenvalue weighted by Gasteiger charge is 2.36. The van der Waals surface area contributed by atoms with Crippen LogP contribution in [0.25, 0.3) is 66.1 Å². The van der Waals surface area contributed by atoms with E-state index in [1.165, 1.54) is 66.1 Å². The third-order valence-electron chi connectivity index (χ3n) is 13.8. The van der Waals surface area contributed by atoms with Gasteiger partial charge in [0.15, 0.2) is 0 Å². The van der Waals surface area contributed by atoms with E-state index in [4.69, 9.17) is 0 Å². The fourth-order valence-corrected chi connectivity index (χ4v) is 10.5. The summed E-state index contributed by atoms with van der Waals surface area (Å²) >= 11 is 0. The van der Waals surface area contributed by atoms with Gasteiger partial charge in [-0.25, -0.2) is 0 Å². The van der Waals surface area contributed by atoms with Gasteiger partial charge in [0, 0.05) is 39.5 Å². The largest absolute Gasteiger partial charge is 0.310 e. The van der Waals surface area contributed by atoms with E-state index in [2.05, 4.69) is 278 Å². The average Bonchev–Trinajstić information content (AvgIpc) is 3.62. The van der Waals surface area contributed by atoms with Gasteiger partial charge in [-0.15, -0.1) is 0 Å². The zero-order valence-electron chi connectivity index (χ0n) is 37.6. The van der Waals surface area contributed by atoms with E-state index in [1.807, 2.05) is 0 Å². The van der Waals surface area contributed by atoms with Crippen LogP contribution in [-0.2, 0) is 5.41 Å². The minimum Gasteiger partial charge on any atom is -0.310 e. The number of hydrogen-bond donors (Lipinski definition) is 0. The third kappa shape index (κ3) is 7.15. The highest BCUT2D eigenvalue weighted by Crippen LogP contribution is 2.51. The lowest BCUT2D eigenvalue weighted by Gasteiger charge is -2.31. The van der Waals surface area contributed by atoms with Crippen LogP contribution in [0.1, 0.15) is 25.0 Å². The molecule has 0 aliphatic heterocycles. The Morgan fingerprint density at radius 3 is 1.49 bits per heavy atom. The van der Waals surface area contributed by atoms with Crippen molar-refractivity contribution in [3.63, 3.8) is 0 Å². The van der Waals surface area contributed by atoms with Gasteiger partial charge in [0.05, 0.1) is 0 Å². The summed E-state index contributed by atoms with van der Waals surface area (Å²) in [5, 5.41) is 4.90. The zero-order chi connectivity index (χ0) is 44.9. The van der Waals surface area contributed by atoms with E-state index in [1.54, 1.807) is 0 Å². The molecule has 11 aromatic rings. The summed E-state index contributed by atoms with van der Waals surface area (Å²) in [6.45, 7) is 4.73. The van der Waals surface area contributed by atoms with Gasteiger partial charge in [0.1, 0.15) is 0 Å². The maximum atomic E-state index is 2.46. The molecule has 0 radical (unpaired) electrons. The van der Waals surface area contributed by atoms with Gasteiger partial charge in [0.25, 0.3) is 0 Å². The number of anilines is 6. The van der Waals surface area contributed by atoms with Gasteiger partial charge >= 0.3 is 0 Å². The van der Waals surface area contributed by atoms with Crippen LogP contribution in [0.3, 0.4) is 0 Å². The van der Waals surface area contributed by atoms with Crippen LogP contribution < -0.4 is 9.80 Å². The zero-order valence-corrected chi connectivity index (χ0v) is 37.6. The fourth-order valence-electron chi connectivity index (χ4n) is 10.5. The highest BCUT2D eigenvalue weighted by atomic mass is 15.2. The van der Waals surface area contributed by atoms with Gasteiger partial charge in [-0.05, 0) is 144 Å². The van der Waals surface area contributed by atoms with E-state index in [0.717, 1.165) is 45.3 Å². The molecule has 0 spiro atoms. The summed E-state index contributed by atoms with van der Waals surface area (Å²) in [7, 11) is 0. The fraction of sp³-hybridized carbons (Fsp3) is 0.0462. The second kappa shape index (κ2) is 16.5. The molecule has 0 heterocycles. The molecule has 318 valence electrons. The molecule has 67 heavy (non-hydrogen) atoms. The predicted molar refractivity (Wildman–Crippen MR) is 285 cm³/mol. The van der Waals surface area contributed by atoms with Crippen molar-refractivity contribution in [1.82, 2.24) is 0 Å². The lowest BCUT2D eigenvalue weighted by Crippen LogP contribution is -2.17. The first-order chi connectivity index (χ1) is 33.0. The minimum atomic E-state index is -0.158. The van der Waals surface area contributed by atoms with Crippen molar-refractivity contribution in [3.8, 4) is 44.5 Å². The summed E-state index contributed by atoms with van der Waals surface area (Å²) in [6, 6.07) is 93.3. The maximum Gasteiger partial charge on any atom is 0.0488 e.